The predicted molar refractivity (Wildman–Crippen MR) is 46.4 cm³/mol. The predicted octanol–water partition coefficient (Wildman–Crippen LogP) is 0.489. The zero-order valence-corrected chi connectivity index (χ0v) is 7.43. The average molecular weight is 190 g/mol. The summed E-state index contributed by atoms with van der Waals surface area (Å²) in [6.07, 6.45) is -0.380. The highest BCUT2D eigenvalue weighted by atomic mass is 16.4. The molecule has 5 heteroatoms. The maximum atomic E-state index is 9.87. The van der Waals surface area contributed by atoms with Gasteiger partial charge in [0.15, 0.2) is 6.10 Å². The second-order valence-corrected chi connectivity index (χ2v) is 2.19. The van der Waals surface area contributed by atoms with E-state index in [0.29, 0.717) is 0 Å². The van der Waals surface area contributed by atoms with E-state index in [1.165, 1.54) is 0 Å². The standard InChI is InChI=1S/C5H8O5.C3H6/c6-3(5(9)10)1-2-4(7)8;1-3-2/h3,6H,1-2H2,(H,7,8)(H,9,10);3H,1H2,2H3. The molecular weight excluding hydrogens is 176 g/mol. The molecule has 0 amide bonds. The topological polar surface area (TPSA) is 94.8 Å². The van der Waals surface area contributed by atoms with Gasteiger partial charge < -0.3 is 15.3 Å². The minimum Gasteiger partial charge on any atom is -0.481 e. The second kappa shape index (κ2) is 8.73. The number of hydrogen-bond donors (Lipinski definition) is 3. The third kappa shape index (κ3) is 13.6. The molecule has 1 unspecified atom stereocenters. The minimum atomic E-state index is -1.56. The van der Waals surface area contributed by atoms with Crippen molar-refractivity contribution in [2.24, 2.45) is 0 Å². The van der Waals surface area contributed by atoms with Crippen LogP contribution in [-0.2, 0) is 9.59 Å². The van der Waals surface area contributed by atoms with Gasteiger partial charge in [0.2, 0.25) is 0 Å². The van der Waals surface area contributed by atoms with Gasteiger partial charge in [-0.15, -0.1) is 6.58 Å². The fraction of sp³-hybridized carbons (Fsp3) is 0.500. The molecule has 0 radical (unpaired) electrons. The quantitative estimate of drug-likeness (QED) is 0.561. The van der Waals surface area contributed by atoms with E-state index >= 15 is 0 Å². The number of hydrogen-bond acceptors (Lipinski definition) is 3. The molecule has 76 valence electrons. The number of aliphatic carboxylic acids is 2. The number of carbonyl (C=O) groups is 2. The van der Waals surface area contributed by atoms with Crippen LogP contribution < -0.4 is 0 Å². The Bertz CT molecular complexity index is 175. The monoisotopic (exact) mass is 190 g/mol. The number of carboxylic acids is 2. The van der Waals surface area contributed by atoms with E-state index in [1.54, 1.807) is 6.08 Å². The zero-order chi connectivity index (χ0) is 10.9. The van der Waals surface area contributed by atoms with E-state index in [4.69, 9.17) is 15.3 Å². The molecule has 0 spiro atoms. The minimum absolute atomic E-state index is 0.245. The molecule has 0 rings (SSSR count). The second-order valence-electron chi connectivity index (χ2n) is 2.19. The molecule has 3 N–H and O–H groups in total. The lowest BCUT2D eigenvalue weighted by Gasteiger charge is -2.00. The van der Waals surface area contributed by atoms with Crippen LogP contribution in [0.5, 0.6) is 0 Å². The Morgan fingerprint density at radius 2 is 1.85 bits per heavy atom. The normalized spacial score (nSPS) is 10.6. The van der Waals surface area contributed by atoms with E-state index in [-0.39, 0.29) is 12.8 Å². The van der Waals surface area contributed by atoms with Crippen molar-refractivity contribution in [1.82, 2.24) is 0 Å². The van der Waals surface area contributed by atoms with Crippen LogP contribution >= 0.6 is 0 Å². The van der Waals surface area contributed by atoms with Crippen LogP contribution in [0.4, 0.5) is 0 Å². The smallest absolute Gasteiger partial charge is 0.332 e. The molecule has 5 nitrogen and oxygen atoms in total. The van der Waals surface area contributed by atoms with Gasteiger partial charge in [-0.1, -0.05) is 6.08 Å². The molecule has 0 heterocycles. The van der Waals surface area contributed by atoms with Crippen LogP contribution in [0.2, 0.25) is 0 Å². The Hall–Kier alpha value is -1.36. The van der Waals surface area contributed by atoms with Gasteiger partial charge in [0.25, 0.3) is 0 Å². The summed E-state index contributed by atoms with van der Waals surface area (Å²) in [7, 11) is 0. The summed E-state index contributed by atoms with van der Waals surface area (Å²) in [5.41, 5.74) is 0. The molecule has 0 aliphatic rings. The summed E-state index contributed by atoms with van der Waals surface area (Å²) < 4.78 is 0. The molecule has 0 aromatic carbocycles. The van der Waals surface area contributed by atoms with Gasteiger partial charge >= 0.3 is 11.9 Å². The van der Waals surface area contributed by atoms with Gasteiger partial charge in [-0.3, -0.25) is 4.79 Å². The van der Waals surface area contributed by atoms with Crippen molar-refractivity contribution >= 4 is 11.9 Å². The molecular formula is C8H14O5. The molecule has 0 saturated heterocycles. The third-order valence-corrected chi connectivity index (χ3v) is 0.917. The van der Waals surface area contributed by atoms with Crippen molar-refractivity contribution in [2.75, 3.05) is 0 Å². The number of aliphatic hydroxyl groups excluding tert-OH is 1. The number of rotatable bonds is 4. The average Bonchev–Trinajstić information content (AvgIpc) is 2.01. The first-order valence-electron chi connectivity index (χ1n) is 3.65. The van der Waals surface area contributed by atoms with Crippen molar-refractivity contribution < 1.29 is 24.9 Å². The van der Waals surface area contributed by atoms with Crippen LogP contribution in [0.3, 0.4) is 0 Å². The summed E-state index contributed by atoms with van der Waals surface area (Å²) in [5, 5.41) is 24.6. The van der Waals surface area contributed by atoms with Gasteiger partial charge in [-0.25, -0.2) is 4.79 Å². The Balaban J connectivity index is 0. The summed E-state index contributed by atoms with van der Waals surface area (Å²) in [5.74, 6) is -2.50. The van der Waals surface area contributed by atoms with Crippen LogP contribution in [0.15, 0.2) is 12.7 Å². The lowest BCUT2D eigenvalue weighted by atomic mass is 10.2. The SMILES string of the molecule is C=CC.O=C(O)CCC(O)C(=O)O. The van der Waals surface area contributed by atoms with Crippen LogP contribution in [-0.4, -0.2) is 33.4 Å². The van der Waals surface area contributed by atoms with E-state index in [9.17, 15) is 9.59 Å². The van der Waals surface area contributed by atoms with E-state index in [2.05, 4.69) is 6.58 Å². The number of aliphatic hydroxyl groups is 1. The van der Waals surface area contributed by atoms with Crippen LogP contribution in [0.25, 0.3) is 0 Å². The molecule has 0 aliphatic carbocycles. The summed E-state index contributed by atoms with van der Waals surface area (Å²) >= 11 is 0. The highest BCUT2D eigenvalue weighted by Crippen LogP contribution is 1.95. The molecule has 0 fully saturated rings. The fourth-order valence-corrected chi connectivity index (χ4v) is 0.384. The van der Waals surface area contributed by atoms with Crippen molar-refractivity contribution in [2.45, 2.75) is 25.9 Å². The summed E-state index contributed by atoms with van der Waals surface area (Å²) in [6, 6.07) is 0. The fourth-order valence-electron chi connectivity index (χ4n) is 0.384. The first-order valence-corrected chi connectivity index (χ1v) is 3.65. The van der Waals surface area contributed by atoms with Crippen molar-refractivity contribution in [3.05, 3.63) is 12.7 Å². The number of carboxylic acid groups (broad SMARTS) is 2. The van der Waals surface area contributed by atoms with E-state index < -0.39 is 18.0 Å². The van der Waals surface area contributed by atoms with Gasteiger partial charge in [-0.2, -0.15) is 0 Å². The molecule has 0 aliphatic heterocycles. The third-order valence-electron chi connectivity index (χ3n) is 0.917. The Morgan fingerprint density at radius 3 is 2.08 bits per heavy atom. The lowest BCUT2D eigenvalue weighted by molar-refractivity contribution is -0.147. The largest absolute Gasteiger partial charge is 0.481 e. The van der Waals surface area contributed by atoms with Crippen molar-refractivity contribution in [1.29, 1.82) is 0 Å². The van der Waals surface area contributed by atoms with E-state index in [1.807, 2.05) is 6.92 Å². The van der Waals surface area contributed by atoms with Crippen LogP contribution in [0.1, 0.15) is 19.8 Å². The van der Waals surface area contributed by atoms with Crippen LogP contribution in [0, 0.1) is 0 Å². The molecule has 1 atom stereocenters. The Kier molecular flexibility index (Phi) is 9.53. The zero-order valence-electron chi connectivity index (χ0n) is 7.43. The highest BCUT2D eigenvalue weighted by Gasteiger charge is 2.13. The summed E-state index contributed by atoms with van der Waals surface area (Å²) in [6.45, 7) is 5.25. The Morgan fingerprint density at radius 1 is 1.46 bits per heavy atom. The first kappa shape index (κ1) is 14.2. The molecule has 0 aromatic rings. The molecule has 0 bridgehead atoms. The molecule has 0 saturated carbocycles. The lowest BCUT2D eigenvalue weighted by Crippen LogP contribution is -2.20. The van der Waals surface area contributed by atoms with Gasteiger partial charge in [-0.05, 0) is 13.3 Å². The van der Waals surface area contributed by atoms with Crippen molar-refractivity contribution in [3.63, 3.8) is 0 Å². The first-order chi connectivity index (χ1) is 5.95. The van der Waals surface area contributed by atoms with Gasteiger partial charge in [0.05, 0.1) is 0 Å². The van der Waals surface area contributed by atoms with Crippen molar-refractivity contribution in [3.8, 4) is 0 Å². The molecule has 13 heavy (non-hydrogen) atoms. The van der Waals surface area contributed by atoms with Gasteiger partial charge in [0.1, 0.15) is 0 Å². The molecule has 0 aromatic heterocycles. The highest BCUT2D eigenvalue weighted by molar-refractivity contribution is 5.73. The number of allylic oxidation sites excluding steroid dienone is 1. The van der Waals surface area contributed by atoms with E-state index in [0.717, 1.165) is 0 Å². The van der Waals surface area contributed by atoms with Gasteiger partial charge in [0, 0.05) is 6.42 Å². The maximum absolute atomic E-state index is 9.87. The summed E-state index contributed by atoms with van der Waals surface area (Å²) in [4.78, 5) is 19.7. The maximum Gasteiger partial charge on any atom is 0.332 e. The Labute approximate surface area is 76.3 Å².